The fourth-order valence-corrected chi connectivity index (χ4v) is 2.40. The molecule has 3 nitrogen and oxygen atoms in total. The summed E-state index contributed by atoms with van der Waals surface area (Å²) in [5, 5.41) is 17.9. The van der Waals surface area contributed by atoms with E-state index >= 15 is 0 Å². The topological polar surface area (TPSA) is 57.5 Å². The minimum absolute atomic E-state index is 0.131. The van der Waals surface area contributed by atoms with Crippen molar-refractivity contribution in [3.05, 3.63) is 12.2 Å². The van der Waals surface area contributed by atoms with Crippen molar-refractivity contribution in [2.45, 2.75) is 96.5 Å². The quantitative estimate of drug-likeness (QED) is 0.327. The lowest BCUT2D eigenvalue weighted by molar-refractivity contribution is -0.139. The molecule has 0 heterocycles. The van der Waals surface area contributed by atoms with Gasteiger partial charge in [0.05, 0.1) is 12.5 Å². The van der Waals surface area contributed by atoms with E-state index in [0.717, 1.165) is 19.3 Å². The average Bonchev–Trinajstić information content (AvgIpc) is 2.43. The minimum atomic E-state index is -0.919. The SMILES string of the molecule is CCCCCCCCC/C=C\CCCCC(O)CC(=O)O. The molecule has 0 radical (unpaired) electrons. The zero-order chi connectivity index (χ0) is 15.8. The van der Waals surface area contributed by atoms with Crippen molar-refractivity contribution in [3.63, 3.8) is 0 Å². The van der Waals surface area contributed by atoms with Crippen LogP contribution < -0.4 is 0 Å². The molecule has 3 heteroatoms. The van der Waals surface area contributed by atoms with Crippen LogP contribution in [0, 0.1) is 0 Å². The van der Waals surface area contributed by atoms with Gasteiger partial charge >= 0.3 is 5.97 Å². The number of aliphatic carboxylic acids is 1. The first kappa shape index (κ1) is 20.2. The molecule has 0 aromatic rings. The zero-order valence-electron chi connectivity index (χ0n) is 13.7. The van der Waals surface area contributed by atoms with Crippen molar-refractivity contribution in [2.24, 2.45) is 0 Å². The molecule has 21 heavy (non-hydrogen) atoms. The smallest absolute Gasteiger partial charge is 0.305 e. The summed E-state index contributed by atoms with van der Waals surface area (Å²) in [6.07, 6.45) is 17.9. The molecular weight excluding hydrogens is 264 g/mol. The fraction of sp³-hybridized carbons (Fsp3) is 0.833. The van der Waals surface area contributed by atoms with Gasteiger partial charge in [-0.15, -0.1) is 0 Å². The Kier molecular flexibility index (Phi) is 14.9. The highest BCUT2D eigenvalue weighted by molar-refractivity contribution is 5.67. The van der Waals surface area contributed by atoms with E-state index in [1.54, 1.807) is 0 Å². The summed E-state index contributed by atoms with van der Waals surface area (Å²) >= 11 is 0. The predicted molar refractivity (Wildman–Crippen MR) is 88.5 cm³/mol. The Morgan fingerprint density at radius 2 is 1.43 bits per heavy atom. The second-order valence-corrected chi connectivity index (χ2v) is 5.92. The molecule has 124 valence electrons. The molecule has 1 unspecified atom stereocenters. The maximum absolute atomic E-state index is 10.4. The molecular formula is C18H34O3. The van der Waals surface area contributed by atoms with Crippen LogP contribution in [0.3, 0.4) is 0 Å². The summed E-state index contributed by atoms with van der Waals surface area (Å²) < 4.78 is 0. The normalized spacial score (nSPS) is 12.9. The first-order valence-electron chi connectivity index (χ1n) is 8.71. The van der Waals surface area contributed by atoms with Crippen molar-refractivity contribution in [2.75, 3.05) is 0 Å². The van der Waals surface area contributed by atoms with E-state index in [4.69, 9.17) is 5.11 Å². The van der Waals surface area contributed by atoms with E-state index < -0.39 is 12.1 Å². The van der Waals surface area contributed by atoms with Gasteiger partial charge in [0, 0.05) is 0 Å². The number of carboxylic acids is 1. The predicted octanol–water partition coefficient (Wildman–Crippen LogP) is 5.08. The Morgan fingerprint density at radius 1 is 0.905 bits per heavy atom. The third kappa shape index (κ3) is 17.1. The highest BCUT2D eigenvalue weighted by Gasteiger charge is 2.07. The summed E-state index contributed by atoms with van der Waals surface area (Å²) in [4.78, 5) is 10.4. The van der Waals surface area contributed by atoms with Gasteiger partial charge in [-0.05, 0) is 32.1 Å². The van der Waals surface area contributed by atoms with E-state index in [1.165, 1.54) is 51.4 Å². The second kappa shape index (κ2) is 15.6. The number of hydrogen-bond donors (Lipinski definition) is 2. The number of carboxylic acid groups (broad SMARTS) is 1. The molecule has 0 rings (SSSR count). The summed E-state index contributed by atoms with van der Waals surface area (Å²) in [5.74, 6) is -0.919. The monoisotopic (exact) mass is 298 g/mol. The van der Waals surface area contributed by atoms with Gasteiger partial charge in [0.25, 0.3) is 0 Å². The molecule has 0 aromatic carbocycles. The Bertz CT molecular complexity index is 261. The van der Waals surface area contributed by atoms with Crippen molar-refractivity contribution >= 4 is 5.97 Å². The lowest BCUT2D eigenvalue weighted by Crippen LogP contribution is -2.12. The van der Waals surface area contributed by atoms with E-state index in [9.17, 15) is 9.90 Å². The number of carbonyl (C=O) groups is 1. The van der Waals surface area contributed by atoms with Crippen molar-refractivity contribution in [3.8, 4) is 0 Å². The third-order valence-electron chi connectivity index (χ3n) is 3.71. The molecule has 0 saturated carbocycles. The van der Waals surface area contributed by atoms with Crippen LogP contribution in [-0.2, 0) is 4.79 Å². The Balaban J connectivity index is 3.20. The van der Waals surface area contributed by atoms with Gasteiger partial charge < -0.3 is 10.2 Å². The number of hydrogen-bond acceptors (Lipinski definition) is 2. The van der Waals surface area contributed by atoms with E-state index in [1.807, 2.05) is 0 Å². The molecule has 0 aliphatic rings. The van der Waals surface area contributed by atoms with Crippen LogP contribution in [0.15, 0.2) is 12.2 Å². The Morgan fingerprint density at radius 3 is 2.00 bits per heavy atom. The van der Waals surface area contributed by atoms with Gasteiger partial charge in [0.1, 0.15) is 0 Å². The summed E-state index contributed by atoms with van der Waals surface area (Å²) in [6, 6.07) is 0. The van der Waals surface area contributed by atoms with E-state index in [2.05, 4.69) is 19.1 Å². The van der Waals surface area contributed by atoms with Crippen LogP contribution in [0.5, 0.6) is 0 Å². The van der Waals surface area contributed by atoms with Gasteiger partial charge in [-0.25, -0.2) is 0 Å². The minimum Gasteiger partial charge on any atom is -0.481 e. The van der Waals surface area contributed by atoms with E-state index in [0.29, 0.717) is 6.42 Å². The molecule has 2 N–H and O–H groups in total. The van der Waals surface area contributed by atoms with Crippen molar-refractivity contribution in [1.82, 2.24) is 0 Å². The second-order valence-electron chi connectivity index (χ2n) is 5.92. The molecule has 0 aliphatic heterocycles. The average molecular weight is 298 g/mol. The zero-order valence-corrected chi connectivity index (χ0v) is 13.7. The lowest BCUT2D eigenvalue weighted by Gasteiger charge is -2.06. The Hall–Kier alpha value is -0.830. The molecule has 0 amide bonds. The first-order chi connectivity index (χ1) is 10.2. The van der Waals surface area contributed by atoms with E-state index in [-0.39, 0.29) is 6.42 Å². The molecule has 0 saturated heterocycles. The van der Waals surface area contributed by atoms with Gasteiger partial charge in [-0.2, -0.15) is 0 Å². The Labute approximate surface area is 130 Å². The highest BCUT2D eigenvalue weighted by Crippen LogP contribution is 2.10. The van der Waals surface area contributed by atoms with Gasteiger partial charge in [-0.1, -0.05) is 64.0 Å². The van der Waals surface area contributed by atoms with Crippen LogP contribution in [0.4, 0.5) is 0 Å². The van der Waals surface area contributed by atoms with Gasteiger partial charge in [0.15, 0.2) is 0 Å². The number of aliphatic hydroxyl groups is 1. The fourth-order valence-electron chi connectivity index (χ4n) is 2.40. The van der Waals surface area contributed by atoms with Crippen molar-refractivity contribution in [1.29, 1.82) is 0 Å². The molecule has 0 spiro atoms. The highest BCUT2D eigenvalue weighted by atomic mass is 16.4. The molecule has 0 aromatic heterocycles. The largest absolute Gasteiger partial charge is 0.481 e. The molecule has 0 bridgehead atoms. The maximum atomic E-state index is 10.4. The standard InChI is InChI=1S/C18H34O3/c1-2-3-4-5-6-7-8-9-10-11-12-13-14-15-17(19)16-18(20)21/h10-11,17,19H,2-9,12-16H2,1H3,(H,20,21)/b11-10-. The third-order valence-corrected chi connectivity index (χ3v) is 3.71. The van der Waals surface area contributed by atoms with Crippen LogP contribution in [0.25, 0.3) is 0 Å². The van der Waals surface area contributed by atoms with Crippen LogP contribution in [-0.4, -0.2) is 22.3 Å². The van der Waals surface area contributed by atoms with Crippen LogP contribution in [0.1, 0.15) is 90.4 Å². The van der Waals surface area contributed by atoms with Gasteiger partial charge in [0.2, 0.25) is 0 Å². The van der Waals surface area contributed by atoms with Crippen LogP contribution >= 0.6 is 0 Å². The van der Waals surface area contributed by atoms with Crippen molar-refractivity contribution < 1.29 is 15.0 Å². The maximum Gasteiger partial charge on any atom is 0.305 e. The first-order valence-corrected chi connectivity index (χ1v) is 8.71. The summed E-state index contributed by atoms with van der Waals surface area (Å²) in [5.41, 5.74) is 0. The molecule has 0 fully saturated rings. The summed E-state index contributed by atoms with van der Waals surface area (Å²) in [7, 11) is 0. The molecule has 1 atom stereocenters. The molecule has 0 aliphatic carbocycles. The number of rotatable bonds is 15. The summed E-state index contributed by atoms with van der Waals surface area (Å²) in [6.45, 7) is 2.25. The number of unbranched alkanes of at least 4 members (excludes halogenated alkanes) is 9. The number of aliphatic hydroxyl groups excluding tert-OH is 1. The van der Waals surface area contributed by atoms with Gasteiger partial charge in [-0.3, -0.25) is 4.79 Å². The lowest BCUT2D eigenvalue weighted by atomic mass is 10.1. The number of allylic oxidation sites excluding steroid dienone is 2. The van der Waals surface area contributed by atoms with Crippen LogP contribution in [0.2, 0.25) is 0 Å².